The number of nitrogens with one attached hydrogen (secondary N) is 2. The predicted molar refractivity (Wildman–Crippen MR) is 133 cm³/mol. The maximum absolute atomic E-state index is 12.9. The Morgan fingerprint density at radius 1 is 1.09 bits per heavy atom. The van der Waals surface area contributed by atoms with Gasteiger partial charge in [0.1, 0.15) is 6.54 Å². The summed E-state index contributed by atoms with van der Waals surface area (Å²) in [6, 6.07) is 16.3. The molecule has 1 atom stereocenters. The van der Waals surface area contributed by atoms with Gasteiger partial charge in [-0.1, -0.05) is 41.9 Å². The van der Waals surface area contributed by atoms with Gasteiger partial charge in [0.25, 0.3) is 5.91 Å². The van der Waals surface area contributed by atoms with E-state index >= 15 is 0 Å². The summed E-state index contributed by atoms with van der Waals surface area (Å²) >= 11 is 7.16. The molecule has 4 rings (SSSR count). The van der Waals surface area contributed by atoms with Crippen molar-refractivity contribution >= 4 is 45.8 Å². The molecular weight excluding hydrogens is 472 g/mol. The van der Waals surface area contributed by atoms with Crippen LogP contribution in [0.5, 0.6) is 0 Å². The second-order valence-electron chi connectivity index (χ2n) is 8.24. The number of halogens is 1. The van der Waals surface area contributed by atoms with Crippen molar-refractivity contribution in [2.24, 2.45) is 0 Å². The van der Waals surface area contributed by atoms with Gasteiger partial charge in [0.15, 0.2) is 5.13 Å². The SMILES string of the molecule is CC(NC(=O)Cc1csc(NC(=O)CN(C(=O)c2ccc(Cl)cc2)C2CC2)n1)c1ccccc1. The average molecular weight is 497 g/mol. The van der Waals surface area contributed by atoms with Crippen molar-refractivity contribution in [3.63, 3.8) is 0 Å². The van der Waals surface area contributed by atoms with Gasteiger partial charge in [-0.15, -0.1) is 11.3 Å². The van der Waals surface area contributed by atoms with E-state index < -0.39 is 0 Å². The van der Waals surface area contributed by atoms with Crippen LogP contribution >= 0.6 is 22.9 Å². The largest absolute Gasteiger partial charge is 0.349 e. The maximum Gasteiger partial charge on any atom is 0.254 e. The Bertz CT molecular complexity index is 1160. The van der Waals surface area contributed by atoms with Gasteiger partial charge < -0.3 is 15.5 Å². The standard InChI is InChI=1S/C25H25ClN4O3S/c1-16(17-5-3-2-4-6-17)27-22(31)13-20-15-34-25(28-20)29-23(32)14-30(21-11-12-21)24(33)18-7-9-19(26)10-8-18/h2-10,15-16,21H,11-14H2,1H3,(H,27,31)(H,28,29,32). The van der Waals surface area contributed by atoms with E-state index in [4.69, 9.17) is 11.6 Å². The molecule has 0 saturated heterocycles. The van der Waals surface area contributed by atoms with Crippen LogP contribution in [0.3, 0.4) is 0 Å². The second kappa shape index (κ2) is 10.8. The zero-order chi connectivity index (χ0) is 24.1. The minimum absolute atomic E-state index is 0.0594. The highest BCUT2D eigenvalue weighted by molar-refractivity contribution is 7.13. The highest BCUT2D eigenvalue weighted by Crippen LogP contribution is 2.28. The molecule has 1 aromatic heterocycles. The van der Waals surface area contributed by atoms with Crippen molar-refractivity contribution in [2.75, 3.05) is 11.9 Å². The van der Waals surface area contributed by atoms with Gasteiger partial charge >= 0.3 is 0 Å². The van der Waals surface area contributed by atoms with E-state index in [1.807, 2.05) is 37.3 Å². The first kappa shape index (κ1) is 23.9. The van der Waals surface area contributed by atoms with Gasteiger partial charge in [-0.25, -0.2) is 4.98 Å². The molecule has 0 spiro atoms. The molecule has 1 heterocycles. The number of hydrogen-bond donors (Lipinski definition) is 2. The van der Waals surface area contributed by atoms with Gasteiger partial charge in [0.05, 0.1) is 18.2 Å². The summed E-state index contributed by atoms with van der Waals surface area (Å²) in [4.78, 5) is 43.9. The Balaban J connectivity index is 1.30. The highest BCUT2D eigenvalue weighted by atomic mass is 35.5. The fourth-order valence-corrected chi connectivity index (χ4v) is 4.40. The van der Waals surface area contributed by atoms with Crippen LogP contribution < -0.4 is 10.6 Å². The number of carbonyl (C=O) groups is 3. The molecular formula is C25H25ClN4O3S. The summed E-state index contributed by atoms with van der Waals surface area (Å²) in [5.41, 5.74) is 2.10. The fourth-order valence-electron chi connectivity index (χ4n) is 3.55. The van der Waals surface area contributed by atoms with Crippen LogP contribution in [0.4, 0.5) is 5.13 Å². The van der Waals surface area contributed by atoms with Crippen molar-refractivity contribution in [1.29, 1.82) is 0 Å². The lowest BCUT2D eigenvalue weighted by atomic mass is 10.1. The molecule has 3 aromatic rings. The van der Waals surface area contributed by atoms with Crippen LogP contribution in [0.2, 0.25) is 5.02 Å². The molecule has 3 amide bonds. The molecule has 0 radical (unpaired) electrons. The number of rotatable bonds is 9. The van der Waals surface area contributed by atoms with E-state index in [9.17, 15) is 14.4 Å². The summed E-state index contributed by atoms with van der Waals surface area (Å²) < 4.78 is 0. The molecule has 0 aliphatic heterocycles. The van der Waals surface area contributed by atoms with Crippen LogP contribution in [0.15, 0.2) is 60.0 Å². The lowest BCUT2D eigenvalue weighted by Gasteiger charge is -2.21. The molecule has 34 heavy (non-hydrogen) atoms. The minimum Gasteiger partial charge on any atom is -0.349 e. The van der Waals surface area contributed by atoms with Gasteiger partial charge in [-0.05, 0) is 49.6 Å². The van der Waals surface area contributed by atoms with Crippen molar-refractivity contribution in [3.05, 3.63) is 81.8 Å². The van der Waals surface area contributed by atoms with Crippen molar-refractivity contribution < 1.29 is 14.4 Å². The van der Waals surface area contributed by atoms with Crippen molar-refractivity contribution in [3.8, 4) is 0 Å². The van der Waals surface area contributed by atoms with E-state index in [1.54, 1.807) is 34.5 Å². The van der Waals surface area contributed by atoms with Crippen molar-refractivity contribution in [2.45, 2.75) is 38.3 Å². The molecule has 7 nitrogen and oxygen atoms in total. The number of aromatic nitrogens is 1. The van der Waals surface area contributed by atoms with Crippen LogP contribution in [-0.2, 0) is 16.0 Å². The number of amides is 3. The molecule has 1 aliphatic carbocycles. The lowest BCUT2D eigenvalue weighted by molar-refractivity contribution is -0.121. The van der Waals surface area contributed by atoms with Gasteiger partial charge in [0, 0.05) is 22.0 Å². The summed E-state index contributed by atoms with van der Waals surface area (Å²) in [6.45, 7) is 1.87. The lowest BCUT2D eigenvalue weighted by Crippen LogP contribution is -2.39. The summed E-state index contributed by atoms with van der Waals surface area (Å²) in [6.07, 6.45) is 1.88. The van der Waals surface area contributed by atoms with Crippen LogP contribution in [0.1, 0.15) is 47.4 Å². The van der Waals surface area contributed by atoms with E-state index in [2.05, 4.69) is 15.6 Å². The van der Waals surface area contributed by atoms with E-state index in [1.165, 1.54) is 11.3 Å². The zero-order valence-corrected chi connectivity index (χ0v) is 20.2. The van der Waals surface area contributed by atoms with E-state index in [0.29, 0.717) is 21.4 Å². The Kier molecular flexibility index (Phi) is 7.59. The quantitative estimate of drug-likeness (QED) is 0.457. The molecule has 9 heteroatoms. The maximum atomic E-state index is 12.9. The van der Waals surface area contributed by atoms with Crippen molar-refractivity contribution in [1.82, 2.24) is 15.2 Å². The first-order chi connectivity index (χ1) is 16.4. The first-order valence-corrected chi connectivity index (χ1v) is 12.3. The molecule has 2 aromatic carbocycles. The normalized spacial score (nSPS) is 13.7. The minimum atomic E-state index is -0.322. The van der Waals surface area contributed by atoms with E-state index in [-0.39, 0.29) is 42.8 Å². The van der Waals surface area contributed by atoms with E-state index in [0.717, 1.165) is 18.4 Å². The number of anilines is 1. The van der Waals surface area contributed by atoms with Gasteiger partial charge in [0.2, 0.25) is 11.8 Å². The topological polar surface area (TPSA) is 91.4 Å². The zero-order valence-electron chi connectivity index (χ0n) is 18.7. The molecule has 1 saturated carbocycles. The smallest absolute Gasteiger partial charge is 0.254 e. The van der Waals surface area contributed by atoms with Gasteiger partial charge in [-0.2, -0.15) is 0 Å². The predicted octanol–water partition coefficient (Wildman–Crippen LogP) is 4.46. The Morgan fingerprint density at radius 2 is 1.79 bits per heavy atom. The fraction of sp³-hybridized carbons (Fsp3) is 0.280. The number of nitrogens with zero attached hydrogens (tertiary/aromatic N) is 2. The summed E-state index contributed by atoms with van der Waals surface area (Å²) in [7, 11) is 0. The molecule has 2 N–H and O–H groups in total. The highest BCUT2D eigenvalue weighted by Gasteiger charge is 2.34. The number of thiazole rings is 1. The molecule has 1 fully saturated rings. The Labute approximate surface area is 207 Å². The third kappa shape index (κ3) is 6.42. The molecule has 1 aliphatic rings. The van der Waals surface area contributed by atoms with Crippen LogP contribution in [-0.4, -0.2) is 40.2 Å². The first-order valence-electron chi connectivity index (χ1n) is 11.0. The molecule has 176 valence electrons. The molecule has 0 bridgehead atoms. The number of carbonyl (C=O) groups excluding carboxylic acids is 3. The third-order valence-corrected chi connectivity index (χ3v) is 6.53. The average Bonchev–Trinajstić information content (AvgIpc) is 3.58. The molecule has 1 unspecified atom stereocenters. The number of hydrogen-bond acceptors (Lipinski definition) is 5. The Hall–Kier alpha value is -3.23. The third-order valence-electron chi connectivity index (χ3n) is 5.47. The summed E-state index contributed by atoms with van der Waals surface area (Å²) in [5.74, 6) is -0.663. The van der Waals surface area contributed by atoms with Gasteiger partial charge in [-0.3, -0.25) is 14.4 Å². The van der Waals surface area contributed by atoms with Crippen LogP contribution in [0, 0.1) is 0 Å². The monoisotopic (exact) mass is 496 g/mol. The number of benzene rings is 2. The van der Waals surface area contributed by atoms with Crippen LogP contribution in [0.25, 0.3) is 0 Å². The Morgan fingerprint density at radius 3 is 2.47 bits per heavy atom. The second-order valence-corrected chi connectivity index (χ2v) is 9.53. The summed E-state index contributed by atoms with van der Waals surface area (Å²) in [5, 5.41) is 8.41.